The Bertz CT molecular complexity index is 617. The second-order valence-corrected chi connectivity index (χ2v) is 5.53. The predicted octanol–water partition coefficient (Wildman–Crippen LogP) is 3.68. The third-order valence-corrected chi connectivity index (χ3v) is 3.92. The van der Waals surface area contributed by atoms with Gasteiger partial charge in [0.05, 0.1) is 17.0 Å². The molecule has 104 valence electrons. The Hall–Kier alpha value is -1.59. The number of hydrogen-bond donors (Lipinski definition) is 1. The first-order valence-corrected chi connectivity index (χ1v) is 7.43. The molecule has 6 heteroatoms. The van der Waals surface area contributed by atoms with Gasteiger partial charge in [-0.2, -0.15) is 0 Å². The van der Waals surface area contributed by atoms with Crippen LogP contribution in [0.1, 0.15) is 28.8 Å². The van der Waals surface area contributed by atoms with Crippen LogP contribution >= 0.6 is 23.4 Å². The highest BCUT2D eigenvalue weighted by molar-refractivity contribution is 7.98. The van der Waals surface area contributed by atoms with Crippen LogP contribution < -0.4 is 0 Å². The summed E-state index contributed by atoms with van der Waals surface area (Å²) in [5, 5.41) is 9.72. The number of thioether (sulfide) groups is 1. The largest absolute Gasteiger partial charge is 0.478 e. The molecule has 0 aliphatic carbocycles. The molecule has 0 fully saturated rings. The van der Waals surface area contributed by atoms with Gasteiger partial charge in [-0.1, -0.05) is 18.5 Å². The van der Waals surface area contributed by atoms with Gasteiger partial charge in [-0.05, 0) is 30.7 Å². The molecular weight excluding hydrogens is 296 g/mol. The third kappa shape index (κ3) is 3.71. The maximum Gasteiger partial charge on any atom is 0.339 e. The summed E-state index contributed by atoms with van der Waals surface area (Å²) < 4.78 is 0. The Morgan fingerprint density at radius 1 is 1.35 bits per heavy atom. The van der Waals surface area contributed by atoms with Gasteiger partial charge in [0.1, 0.15) is 5.82 Å². The van der Waals surface area contributed by atoms with Crippen molar-refractivity contribution >= 4 is 29.3 Å². The normalized spacial score (nSPS) is 10.5. The summed E-state index contributed by atoms with van der Waals surface area (Å²) in [5.74, 6) is 0.236. The number of halogens is 1. The van der Waals surface area contributed by atoms with Crippen LogP contribution in [0.3, 0.4) is 0 Å². The quantitative estimate of drug-likeness (QED) is 0.854. The molecule has 1 N–H and O–H groups in total. The van der Waals surface area contributed by atoms with Crippen molar-refractivity contribution in [2.45, 2.75) is 24.0 Å². The highest BCUT2D eigenvalue weighted by atomic mass is 35.5. The molecule has 1 aromatic heterocycles. The Balaban J connectivity index is 2.10. The number of rotatable bonds is 5. The van der Waals surface area contributed by atoms with Crippen LogP contribution in [-0.4, -0.2) is 21.0 Å². The molecule has 0 aliphatic rings. The van der Waals surface area contributed by atoms with E-state index in [4.69, 9.17) is 16.7 Å². The van der Waals surface area contributed by atoms with E-state index >= 15 is 0 Å². The maximum absolute atomic E-state index is 11.0. The number of benzene rings is 1. The van der Waals surface area contributed by atoms with E-state index in [1.165, 1.54) is 6.20 Å². The van der Waals surface area contributed by atoms with E-state index in [0.29, 0.717) is 28.7 Å². The second kappa shape index (κ2) is 6.72. The first kappa shape index (κ1) is 14.8. The molecule has 0 saturated carbocycles. The van der Waals surface area contributed by atoms with Crippen molar-refractivity contribution in [1.82, 2.24) is 9.97 Å². The zero-order valence-corrected chi connectivity index (χ0v) is 12.4. The van der Waals surface area contributed by atoms with Crippen LogP contribution in [0, 0.1) is 0 Å². The molecule has 0 bridgehead atoms. The number of aryl methyl sites for hydroxylation is 1. The highest BCUT2D eigenvalue weighted by Crippen LogP contribution is 2.23. The number of carbonyl (C=O) groups is 1. The van der Waals surface area contributed by atoms with E-state index in [2.05, 4.69) is 9.97 Å². The molecule has 0 atom stereocenters. The summed E-state index contributed by atoms with van der Waals surface area (Å²) in [6, 6.07) is 7.52. The lowest BCUT2D eigenvalue weighted by molar-refractivity contribution is 0.0694. The monoisotopic (exact) mass is 308 g/mol. The molecule has 2 aromatic rings. The molecule has 2 rings (SSSR count). The van der Waals surface area contributed by atoms with Crippen molar-refractivity contribution in [1.29, 1.82) is 0 Å². The van der Waals surface area contributed by atoms with Gasteiger partial charge in [0.25, 0.3) is 0 Å². The second-order valence-electron chi connectivity index (χ2n) is 4.05. The van der Waals surface area contributed by atoms with Crippen molar-refractivity contribution in [2.24, 2.45) is 0 Å². The Morgan fingerprint density at radius 2 is 2.05 bits per heavy atom. The van der Waals surface area contributed by atoms with Crippen molar-refractivity contribution in [3.63, 3.8) is 0 Å². The molecule has 0 amide bonds. The van der Waals surface area contributed by atoms with Crippen molar-refractivity contribution in [3.8, 4) is 0 Å². The molecule has 0 aliphatic heterocycles. The van der Waals surface area contributed by atoms with Crippen LogP contribution in [0.4, 0.5) is 0 Å². The van der Waals surface area contributed by atoms with Crippen molar-refractivity contribution in [3.05, 3.63) is 52.6 Å². The SMILES string of the molecule is CCc1nc(CSc2ccc(Cl)cc2)ncc1C(=O)O. The van der Waals surface area contributed by atoms with E-state index < -0.39 is 5.97 Å². The molecule has 20 heavy (non-hydrogen) atoms. The van der Waals surface area contributed by atoms with E-state index in [0.717, 1.165) is 4.90 Å². The number of carboxylic acid groups (broad SMARTS) is 1. The fraction of sp³-hybridized carbons (Fsp3) is 0.214. The summed E-state index contributed by atoms with van der Waals surface area (Å²) in [5.41, 5.74) is 0.743. The fourth-order valence-electron chi connectivity index (χ4n) is 1.65. The molecule has 4 nitrogen and oxygen atoms in total. The summed E-state index contributed by atoms with van der Waals surface area (Å²) in [6.45, 7) is 1.88. The summed E-state index contributed by atoms with van der Waals surface area (Å²) in [4.78, 5) is 20.5. The Kier molecular flexibility index (Phi) is 4.98. The lowest BCUT2D eigenvalue weighted by Gasteiger charge is -2.05. The molecule has 0 saturated heterocycles. The van der Waals surface area contributed by atoms with Gasteiger partial charge in [0, 0.05) is 16.1 Å². The first-order valence-electron chi connectivity index (χ1n) is 6.06. The lowest BCUT2D eigenvalue weighted by atomic mass is 10.2. The first-order chi connectivity index (χ1) is 9.60. The van der Waals surface area contributed by atoms with Gasteiger partial charge < -0.3 is 5.11 Å². The van der Waals surface area contributed by atoms with Crippen LogP contribution in [0.2, 0.25) is 5.02 Å². The molecule has 0 radical (unpaired) electrons. The number of aromatic nitrogens is 2. The van der Waals surface area contributed by atoms with Gasteiger partial charge in [0.2, 0.25) is 0 Å². The highest BCUT2D eigenvalue weighted by Gasteiger charge is 2.12. The zero-order valence-electron chi connectivity index (χ0n) is 10.8. The minimum absolute atomic E-state index is 0.174. The van der Waals surface area contributed by atoms with E-state index in [-0.39, 0.29) is 5.56 Å². The summed E-state index contributed by atoms with van der Waals surface area (Å²) in [6.07, 6.45) is 1.95. The molecule has 0 spiro atoms. The maximum atomic E-state index is 11.0. The van der Waals surface area contributed by atoms with Gasteiger partial charge >= 0.3 is 5.97 Å². The summed E-state index contributed by atoms with van der Waals surface area (Å²) >= 11 is 7.41. The van der Waals surface area contributed by atoms with Crippen molar-refractivity contribution < 1.29 is 9.90 Å². The van der Waals surface area contributed by atoms with Gasteiger partial charge in [-0.3, -0.25) is 0 Å². The average Bonchev–Trinajstić information content (AvgIpc) is 2.46. The zero-order chi connectivity index (χ0) is 14.5. The Morgan fingerprint density at radius 3 is 2.65 bits per heavy atom. The molecule has 0 unspecified atom stereocenters. The summed E-state index contributed by atoms with van der Waals surface area (Å²) in [7, 11) is 0. The minimum atomic E-state index is -0.987. The number of hydrogen-bond acceptors (Lipinski definition) is 4. The molecule has 1 heterocycles. The van der Waals surface area contributed by atoms with Gasteiger partial charge in [-0.15, -0.1) is 11.8 Å². The third-order valence-electron chi connectivity index (χ3n) is 2.66. The average molecular weight is 309 g/mol. The molecular formula is C14H13ClN2O2S. The van der Waals surface area contributed by atoms with E-state index in [1.807, 2.05) is 31.2 Å². The van der Waals surface area contributed by atoms with Crippen LogP contribution in [0.5, 0.6) is 0 Å². The standard InChI is InChI=1S/C14H13ClN2O2S/c1-2-12-11(14(18)19)7-16-13(17-12)8-20-10-5-3-9(15)4-6-10/h3-7H,2,8H2,1H3,(H,18,19). The Labute approximate surface area is 126 Å². The van der Waals surface area contributed by atoms with E-state index in [9.17, 15) is 4.79 Å². The van der Waals surface area contributed by atoms with Crippen LogP contribution in [0.15, 0.2) is 35.4 Å². The van der Waals surface area contributed by atoms with Crippen molar-refractivity contribution in [2.75, 3.05) is 0 Å². The van der Waals surface area contributed by atoms with Gasteiger partial charge in [0.15, 0.2) is 0 Å². The van der Waals surface area contributed by atoms with Gasteiger partial charge in [-0.25, -0.2) is 14.8 Å². The fourth-order valence-corrected chi connectivity index (χ4v) is 2.54. The predicted molar refractivity (Wildman–Crippen MR) is 79.4 cm³/mol. The van der Waals surface area contributed by atoms with E-state index in [1.54, 1.807) is 11.8 Å². The van der Waals surface area contributed by atoms with Crippen LogP contribution in [0.25, 0.3) is 0 Å². The number of aromatic carboxylic acids is 1. The minimum Gasteiger partial charge on any atom is -0.478 e. The van der Waals surface area contributed by atoms with Crippen LogP contribution in [-0.2, 0) is 12.2 Å². The number of nitrogens with zero attached hydrogens (tertiary/aromatic N) is 2. The number of carboxylic acids is 1. The smallest absolute Gasteiger partial charge is 0.339 e. The topological polar surface area (TPSA) is 63.1 Å². The molecule has 1 aromatic carbocycles. The lowest BCUT2D eigenvalue weighted by Crippen LogP contribution is -2.07.